The quantitative estimate of drug-likeness (QED) is 0.851. The molecule has 2 fully saturated rings. The van der Waals surface area contributed by atoms with Crippen LogP contribution in [0, 0.1) is 17.7 Å². The van der Waals surface area contributed by atoms with Crippen molar-refractivity contribution in [2.75, 3.05) is 30.0 Å². The maximum Gasteiger partial charge on any atom is 0.247 e. The summed E-state index contributed by atoms with van der Waals surface area (Å²) in [6.45, 7) is 3.86. The Morgan fingerprint density at radius 3 is 2.57 bits per heavy atom. The number of hydrazine groups is 1. The van der Waals surface area contributed by atoms with E-state index < -0.39 is 11.7 Å². The third kappa shape index (κ3) is 3.39. The molecule has 0 bridgehead atoms. The Bertz CT molecular complexity index is 876. The number of benzene rings is 2. The molecular formula is C21H23FN4O2. The minimum atomic E-state index is -0.476. The van der Waals surface area contributed by atoms with E-state index in [-0.39, 0.29) is 29.5 Å². The van der Waals surface area contributed by atoms with Crippen molar-refractivity contribution in [2.24, 2.45) is 11.8 Å². The van der Waals surface area contributed by atoms with E-state index in [4.69, 9.17) is 0 Å². The molecule has 0 radical (unpaired) electrons. The molecule has 2 saturated heterocycles. The van der Waals surface area contributed by atoms with Gasteiger partial charge in [0.15, 0.2) is 0 Å². The molecular weight excluding hydrogens is 359 g/mol. The van der Waals surface area contributed by atoms with E-state index in [0.29, 0.717) is 13.1 Å². The summed E-state index contributed by atoms with van der Waals surface area (Å²) >= 11 is 0. The predicted molar refractivity (Wildman–Crippen MR) is 105 cm³/mol. The summed E-state index contributed by atoms with van der Waals surface area (Å²) < 4.78 is 14.0. The number of carbonyl (C=O) groups excluding carboxylic acids is 2. The normalized spacial score (nSPS) is 24.9. The van der Waals surface area contributed by atoms with Gasteiger partial charge < -0.3 is 10.2 Å². The van der Waals surface area contributed by atoms with Crippen LogP contribution in [0.2, 0.25) is 0 Å². The van der Waals surface area contributed by atoms with Crippen molar-refractivity contribution in [3.63, 3.8) is 0 Å². The third-order valence-electron chi connectivity index (χ3n) is 5.52. The molecule has 2 heterocycles. The van der Waals surface area contributed by atoms with E-state index in [1.165, 1.54) is 17.1 Å². The number of nitrogens with zero attached hydrogens (tertiary/aromatic N) is 2. The monoisotopic (exact) mass is 382 g/mol. The van der Waals surface area contributed by atoms with Gasteiger partial charge in [-0.15, -0.1) is 0 Å². The Morgan fingerprint density at radius 2 is 1.86 bits per heavy atom. The van der Waals surface area contributed by atoms with Crippen molar-refractivity contribution in [3.05, 3.63) is 60.4 Å². The molecule has 2 aliphatic heterocycles. The Morgan fingerprint density at radius 1 is 1.14 bits per heavy atom. The van der Waals surface area contributed by atoms with E-state index in [0.717, 1.165) is 12.2 Å². The van der Waals surface area contributed by atoms with Crippen LogP contribution in [-0.4, -0.2) is 42.4 Å². The Labute approximate surface area is 163 Å². The van der Waals surface area contributed by atoms with Crippen molar-refractivity contribution < 1.29 is 14.0 Å². The van der Waals surface area contributed by atoms with E-state index in [9.17, 15) is 14.0 Å². The smallest absolute Gasteiger partial charge is 0.247 e. The van der Waals surface area contributed by atoms with Gasteiger partial charge >= 0.3 is 0 Å². The second-order valence-corrected chi connectivity index (χ2v) is 7.20. The summed E-state index contributed by atoms with van der Waals surface area (Å²) in [6.07, 6.45) is 0. The SMILES string of the molecule is CCN1CC(C(=O)Nc2ccccc2F)C2NN(c3ccccc3)C(=O)C2C1. The molecule has 2 aromatic rings. The fourth-order valence-corrected chi connectivity index (χ4v) is 4.00. The number of hydrogen-bond donors (Lipinski definition) is 2. The van der Waals surface area contributed by atoms with Gasteiger partial charge in [0.1, 0.15) is 5.82 Å². The number of para-hydroxylation sites is 2. The standard InChI is InChI=1S/C21H23FN4O2/c1-2-25-12-15(20(27)23-18-11-7-6-10-17(18)22)19-16(13-25)21(28)26(24-19)14-8-4-3-5-9-14/h3-11,15-16,19,24H,2,12-13H2,1H3,(H,23,27). The number of fused-ring (bicyclic) bond motifs is 1. The molecule has 28 heavy (non-hydrogen) atoms. The van der Waals surface area contributed by atoms with Crippen molar-refractivity contribution in [1.82, 2.24) is 10.3 Å². The fourth-order valence-electron chi connectivity index (χ4n) is 4.00. The minimum absolute atomic E-state index is 0.0435. The number of carbonyl (C=O) groups is 2. The third-order valence-corrected chi connectivity index (χ3v) is 5.52. The van der Waals surface area contributed by atoms with Crippen molar-refractivity contribution in [1.29, 1.82) is 0 Å². The first kappa shape index (κ1) is 18.6. The van der Waals surface area contributed by atoms with Crippen LogP contribution in [-0.2, 0) is 9.59 Å². The first-order valence-corrected chi connectivity index (χ1v) is 9.51. The fraction of sp³-hybridized carbons (Fsp3) is 0.333. The highest BCUT2D eigenvalue weighted by molar-refractivity contribution is 6.00. The lowest BCUT2D eigenvalue weighted by Crippen LogP contribution is -2.55. The van der Waals surface area contributed by atoms with Gasteiger partial charge in [-0.1, -0.05) is 37.3 Å². The van der Waals surface area contributed by atoms with Gasteiger partial charge in [0.2, 0.25) is 11.8 Å². The lowest BCUT2D eigenvalue weighted by atomic mass is 9.84. The number of rotatable bonds is 4. The molecule has 3 atom stereocenters. The number of anilines is 2. The van der Waals surface area contributed by atoms with Crippen molar-refractivity contribution in [3.8, 4) is 0 Å². The minimum Gasteiger partial charge on any atom is -0.323 e. The largest absolute Gasteiger partial charge is 0.323 e. The summed E-state index contributed by atoms with van der Waals surface area (Å²) in [4.78, 5) is 28.1. The molecule has 4 rings (SSSR count). The molecule has 2 aliphatic rings. The summed E-state index contributed by atoms with van der Waals surface area (Å²) in [7, 11) is 0. The highest BCUT2D eigenvalue weighted by Crippen LogP contribution is 2.32. The van der Waals surface area contributed by atoms with Crippen molar-refractivity contribution in [2.45, 2.75) is 13.0 Å². The van der Waals surface area contributed by atoms with Crippen LogP contribution in [0.4, 0.5) is 15.8 Å². The summed E-state index contributed by atoms with van der Waals surface area (Å²) in [5.74, 6) is -1.61. The van der Waals surface area contributed by atoms with Gasteiger partial charge in [-0.3, -0.25) is 9.59 Å². The highest BCUT2D eigenvalue weighted by Gasteiger charge is 2.50. The molecule has 0 spiro atoms. The van der Waals surface area contributed by atoms with Crippen LogP contribution in [0.1, 0.15) is 6.92 Å². The van der Waals surface area contributed by atoms with Crippen LogP contribution in [0.15, 0.2) is 54.6 Å². The maximum atomic E-state index is 14.0. The first-order valence-electron chi connectivity index (χ1n) is 9.51. The maximum absolute atomic E-state index is 14.0. The van der Waals surface area contributed by atoms with Gasteiger partial charge in [-0.2, -0.15) is 0 Å². The lowest BCUT2D eigenvalue weighted by molar-refractivity contribution is -0.126. The van der Waals surface area contributed by atoms with E-state index in [1.807, 2.05) is 37.3 Å². The van der Waals surface area contributed by atoms with Crippen LogP contribution >= 0.6 is 0 Å². The highest BCUT2D eigenvalue weighted by atomic mass is 19.1. The van der Waals surface area contributed by atoms with Gasteiger partial charge in [-0.25, -0.2) is 14.8 Å². The number of hydrogen-bond acceptors (Lipinski definition) is 4. The Balaban J connectivity index is 1.59. The van der Waals surface area contributed by atoms with Crippen molar-refractivity contribution >= 4 is 23.2 Å². The molecule has 0 saturated carbocycles. The average molecular weight is 382 g/mol. The van der Waals surface area contributed by atoms with Gasteiger partial charge in [0.05, 0.1) is 29.3 Å². The van der Waals surface area contributed by atoms with E-state index in [1.54, 1.807) is 12.1 Å². The number of halogens is 1. The second-order valence-electron chi connectivity index (χ2n) is 7.20. The van der Waals surface area contributed by atoms with Crippen LogP contribution in [0.3, 0.4) is 0 Å². The van der Waals surface area contributed by atoms with Crippen LogP contribution < -0.4 is 15.8 Å². The average Bonchev–Trinajstić information content (AvgIpc) is 3.06. The molecule has 2 aromatic carbocycles. The van der Waals surface area contributed by atoms with E-state index >= 15 is 0 Å². The molecule has 2 N–H and O–H groups in total. The lowest BCUT2D eigenvalue weighted by Gasteiger charge is -2.37. The molecule has 6 nitrogen and oxygen atoms in total. The van der Waals surface area contributed by atoms with Gasteiger partial charge in [0.25, 0.3) is 0 Å². The second kappa shape index (κ2) is 7.69. The van der Waals surface area contributed by atoms with E-state index in [2.05, 4.69) is 15.6 Å². The number of amides is 2. The Kier molecular flexibility index (Phi) is 5.11. The molecule has 3 unspecified atom stereocenters. The van der Waals surface area contributed by atoms with Crippen LogP contribution in [0.25, 0.3) is 0 Å². The molecule has 0 aliphatic carbocycles. The molecule has 2 amide bonds. The summed E-state index contributed by atoms with van der Waals surface area (Å²) in [5, 5.41) is 4.24. The molecule has 0 aromatic heterocycles. The summed E-state index contributed by atoms with van der Waals surface area (Å²) in [5.41, 5.74) is 4.14. The van der Waals surface area contributed by atoms with Gasteiger partial charge in [0, 0.05) is 13.1 Å². The molecule has 7 heteroatoms. The van der Waals surface area contributed by atoms with Gasteiger partial charge in [-0.05, 0) is 30.8 Å². The number of likely N-dealkylation sites (tertiary alicyclic amines) is 1. The Hall–Kier alpha value is -2.77. The summed E-state index contributed by atoms with van der Waals surface area (Å²) in [6, 6.07) is 15.1. The first-order chi connectivity index (χ1) is 13.6. The van der Waals surface area contributed by atoms with Crippen LogP contribution in [0.5, 0.6) is 0 Å². The predicted octanol–water partition coefficient (Wildman–Crippen LogP) is 2.25. The number of piperidine rings is 1. The zero-order valence-electron chi connectivity index (χ0n) is 15.6. The zero-order chi connectivity index (χ0) is 19.7. The topological polar surface area (TPSA) is 64.7 Å². The zero-order valence-corrected chi connectivity index (χ0v) is 15.6. The number of nitrogens with one attached hydrogen (secondary N) is 2. The molecule has 146 valence electrons.